The first-order chi connectivity index (χ1) is 7.61. The molecule has 0 spiro atoms. The van der Waals surface area contributed by atoms with E-state index in [4.69, 9.17) is 10.2 Å². The fourth-order valence-electron chi connectivity index (χ4n) is 1.69. The van der Waals surface area contributed by atoms with Gasteiger partial charge < -0.3 is 10.2 Å². The average molecular weight is 225 g/mol. The Morgan fingerprint density at radius 3 is 2.62 bits per heavy atom. The maximum Gasteiger partial charge on any atom is 0.162 e. The molecule has 1 aromatic heterocycles. The molecule has 4 heteroatoms. The Morgan fingerprint density at radius 2 is 1.94 bits per heavy atom. The quantitative estimate of drug-likeness (QED) is 0.868. The van der Waals surface area contributed by atoms with Gasteiger partial charge in [0.15, 0.2) is 11.6 Å². The number of nitrogens with two attached hydrogens (primary N) is 1. The Morgan fingerprint density at radius 1 is 1.25 bits per heavy atom. The third-order valence-corrected chi connectivity index (χ3v) is 2.54. The highest BCUT2D eigenvalue weighted by atomic mass is 19.2. The zero-order chi connectivity index (χ0) is 11.7. The van der Waals surface area contributed by atoms with Crippen LogP contribution in [0.15, 0.2) is 22.6 Å². The van der Waals surface area contributed by atoms with Gasteiger partial charge in [0.2, 0.25) is 0 Å². The number of rotatable bonds is 3. The fourth-order valence-corrected chi connectivity index (χ4v) is 1.69. The maximum absolute atomic E-state index is 13.0. The molecular weight excluding hydrogens is 212 g/mol. The molecule has 1 aromatic carbocycles. The van der Waals surface area contributed by atoms with Crippen molar-refractivity contribution in [1.29, 1.82) is 0 Å². The van der Waals surface area contributed by atoms with Crippen LogP contribution in [0.5, 0.6) is 0 Å². The summed E-state index contributed by atoms with van der Waals surface area (Å²) in [4.78, 5) is 0. The minimum atomic E-state index is -0.905. The van der Waals surface area contributed by atoms with Crippen LogP contribution in [0.2, 0.25) is 0 Å². The highest BCUT2D eigenvalue weighted by Gasteiger charge is 2.13. The first-order valence-electron chi connectivity index (χ1n) is 5.26. The van der Waals surface area contributed by atoms with Crippen LogP contribution in [0.4, 0.5) is 8.78 Å². The summed E-state index contributed by atoms with van der Waals surface area (Å²) in [5, 5.41) is 0.542. The van der Waals surface area contributed by atoms with Gasteiger partial charge in [-0.25, -0.2) is 8.78 Å². The molecular formula is C12H13F2NO. The molecule has 0 amide bonds. The van der Waals surface area contributed by atoms with Crippen LogP contribution in [0, 0.1) is 11.6 Å². The van der Waals surface area contributed by atoms with E-state index < -0.39 is 11.6 Å². The maximum atomic E-state index is 13.0. The van der Waals surface area contributed by atoms with Crippen LogP contribution in [0.1, 0.15) is 31.6 Å². The summed E-state index contributed by atoms with van der Waals surface area (Å²) in [6.45, 7) is 2.02. The molecule has 0 aliphatic rings. The van der Waals surface area contributed by atoms with E-state index in [0.717, 1.165) is 25.0 Å². The Labute approximate surface area is 92.0 Å². The number of fused-ring (bicyclic) bond motifs is 1. The number of hydrogen-bond acceptors (Lipinski definition) is 2. The van der Waals surface area contributed by atoms with Crippen molar-refractivity contribution < 1.29 is 13.2 Å². The molecule has 16 heavy (non-hydrogen) atoms. The van der Waals surface area contributed by atoms with E-state index in [1.54, 1.807) is 6.07 Å². The summed E-state index contributed by atoms with van der Waals surface area (Å²) < 4.78 is 31.3. The molecule has 1 heterocycles. The Hall–Kier alpha value is -1.42. The summed E-state index contributed by atoms with van der Waals surface area (Å²) in [6, 6.07) is 3.62. The van der Waals surface area contributed by atoms with Gasteiger partial charge in [0.05, 0.1) is 6.04 Å². The van der Waals surface area contributed by atoms with Crippen LogP contribution in [0.25, 0.3) is 11.0 Å². The molecule has 0 aliphatic heterocycles. The molecule has 0 saturated heterocycles. The van der Waals surface area contributed by atoms with Gasteiger partial charge in [-0.15, -0.1) is 0 Å². The van der Waals surface area contributed by atoms with Gasteiger partial charge in [-0.05, 0) is 18.6 Å². The van der Waals surface area contributed by atoms with Crippen LogP contribution < -0.4 is 5.73 Å². The topological polar surface area (TPSA) is 39.2 Å². The lowest BCUT2D eigenvalue weighted by atomic mass is 10.1. The Bertz CT molecular complexity index is 468. The van der Waals surface area contributed by atoms with Crippen molar-refractivity contribution in [3.05, 3.63) is 35.6 Å². The van der Waals surface area contributed by atoms with E-state index in [1.165, 1.54) is 0 Å². The molecule has 1 atom stereocenters. The monoisotopic (exact) mass is 225 g/mol. The summed E-state index contributed by atoms with van der Waals surface area (Å²) in [7, 11) is 0. The molecule has 2 nitrogen and oxygen atoms in total. The van der Waals surface area contributed by atoms with Crippen molar-refractivity contribution in [2.24, 2.45) is 5.73 Å². The molecule has 0 fully saturated rings. The summed E-state index contributed by atoms with van der Waals surface area (Å²) >= 11 is 0. The van der Waals surface area contributed by atoms with Crippen molar-refractivity contribution in [3.8, 4) is 0 Å². The zero-order valence-corrected chi connectivity index (χ0v) is 8.97. The van der Waals surface area contributed by atoms with Crippen molar-refractivity contribution in [3.63, 3.8) is 0 Å². The van der Waals surface area contributed by atoms with Crippen LogP contribution in [0.3, 0.4) is 0 Å². The highest BCUT2D eigenvalue weighted by Crippen LogP contribution is 2.26. The van der Waals surface area contributed by atoms with E-state index in [1.807, 2.05) is 6.92 Å². The lowest BCUT2D eigenvalue weighted by Crippen LogP contribution is -2.08. The lowest BCUT2D eigenvalue weighted by Gasteiger charge is -2.04. The number of benzene rings is 1. The summed E-state index contributed by atoms with van der Waals surface area (Å²) in [6.07, 6.45) is 1.71. The van der Waals surface area contributed by atoms with Gasteiger partial charge >= 0.3 is 0 Å². The van der Waals surface area contributed by atoms with Crippen LogP contribution in [-0.2, 0) is 0 Å². The van der Waals surface area contributed by atoms with E-state index in [0.29, 0.717) is 16.7 Å². The SMILES string of the molecule is CCC[C@@H](N)c1cc2cc(F)c(F)cc2o1. The minimum Gasteiger partial charge on any atom is -0.459 e. The molecule has 0 radical (unpaired) electrons. The van der Waals surface area contributed by atoms with Crippen molar-refractivity contribution in [1.82, 2.24) is 0 Å². The largest absolute Gasteiger partial charge is 0.459 e. The molecule has 0 bridgehead atoms. The molecule has 2 rings (SSSR count). The number of halogens is 2. The van der Waals surface area contributed by atoms with Gasteiger partial charge in [-0.2, -0.15) is 0 Å². The third kappa shape index (κ3) is 1.93. The molecule has 0 aliphatic carbocycles. The predicted octanol–water partition coefficient (Wildman–Crippen LogP) is 3.51. The predicted molar refractivity (Wildman–Crippen MR) is 58.0 cm³/mol. The smallest absolute Gasteiger partial charge is 0.162 e. The first-order valence-corrected chi connectivity index (χ1v) is 5.26. The first kappa shape index (κ1) is 11.1. The second-order valence-electron chi connectivity index (χ2n) is 3.85. The van der Waals surface area contributed by atoms with Gasteiger partial charge in [0.25, 0.3) is 0 Å². The van der Waals surface area contributed by atoms with E-state index in [2.05, 4.69) is 0 Å². The number of hydrogen-bond donors (Lipinski definition) is 1. The van der Waals surface area contributed by atoms with Crippen LogP contribution in [-0.4, -0.2) is 0 Å². The Balaban J connectivity index is 2.43. The lowest BCUT2D eigenvalue weighted by molar-refractivity contribution is 0.470. The molecule has 86 valence electrons. The molecule has 0 saturated carbocycles. The molecule has 2 aromatic rings. The number of furan rings is 1. The zero-order valence-electron chi connectivity index (χ0n) is 8.97. The van der Waals surface area contributed by atoms with Gasteiger partial charge in [-0.3, -0.25) is 0 Å². The van der Waals surface area contributed by atoms with Crippen LogP contribution >= 0.6 is 0 Å². The minimum absolute atomic E-state index is 0.219. The summed E-state index contributed by atoms with van der Waals surface area (Å²) in [5.41, 5.74) is 6.20. The van der Waals surface area contributed by atoms with Crippen molar-refractivity contribution in [2.45, 2.75) is 25.8 Å². The standard InChI is InChI=1S/C12H13F2NO/c1-2-3-10(15)12-5-7-4-8(13)9(14)6-11(7)16-12/h4-6,10H,2-3,15H2,1H3/t10-/m1/s1. The van der Waals surface area contributed by atoms with E-state index in [-0.39, 0.29) is 6.04 Å². The van der Waals surface area contributed by atoms with E-state index >= 15 is 0 Å². The fraction of sp³-hybridized carbons (Fsp3) is 0.333. The third-order valence-electron chi connectivity index (χ3n) is 2.54. The molecule has 2 N–H and O–H groups in total. The van der Waals surface area contributed by atoms with Crippen molar-refractivity contribution in [2.75, 3.05) is 0 Å². The van der Waals surface area contributed by atoms with E-state index in [9.17, 15) is 8.78 Å². The molecule has 0 unspecified atom stereocenters. The second-order valence-corrected chi connectivity index (χ2v) is 3.85. The second kappa shape index (κ2) is 4.22. The summed E-state index contributed by atoms with van der Waals surface area (Å²) in [5.74, 6) is -1.21. The van der Waals surface area contributed by atoms with Gasteiger partial charge in [-0.1, -0.05) is 13.3 Å². The average Bonchev–Trinajstić information content (AvgIpc) is 2.62. The normalized spacial score (nSPS) is 13.2. The van der Waals surface area contributed by atoms with Gasteiger partial charge in [0, 0.05) is 11.5 Å². The van der Waals surface area contributed by atoms with Gasteiger partial charge in [0.1, 0.15) is 11.3 Å². The highest BCUT2D eigenvalue weighted by molar-refractivity contribution is 5.78. The van der Waals surface area contributed by atoms with Crippen molar-refractivity contribution >= 4 is 11.0 Å². The Kier molecular flexibility index (Phi) is 2.92.